The monoisotopic (exact) mass is 390 g/mol. The molecule has 0 N–H and O–H groups in total. The molecule has 0 spiro atoms. The number of rotatable bonds is 4. The van der Waals surface area contributed by atoms with Crippen molar-refractivity contribution in [2.45, 2.75) is 9.79 Å². The average molecular weight is 391 g/mol. The molecule has 2 aromatic rings. The van der Waals surface area contributed by atoms with Gasteiger partial charge in [0.1, 0.15) is 20.2 Å². The summed E-state index contributed by atoms with van der Waals surface area (Å²) < 4.78 is 63.1. The van der Waals surface area contributed by atoms with Crippen LogP contribution in [0.15, 0.2) is 71.5 Å². The van der Waals surface area contributed by atoms with Crippen LogP contribution in [-0.4, -0.2) is 49.0 Å². The SMILES string of the molecule is C=Cc1cccc(S(=O)(=O)[O-])c1.C=Cc1cccc(S(=O)(=O)[O-])c1.[Mg+2]. The minimum Gasteiger partial charge on any atom is -0.744 e. The zero-order valence-electron chi connectivity index (χ0n) is 13.2. The standard InChI is InChI=1S/2C8H8O3S.Mg/c2*1-2-7-4-3-5-8(6-7)12(9,10)11;/h2*2-6H,1H2,(H,9,10,11);/q;;+2/p-2. The average Bonchev–Trinajstić information content (AvgIpc) is 2.54. The Labute approximate surface area is 163 Å². The molecule has 9 heteroatoms. The second-order valence-corrected chi connectivity index (χ2v) is 7.22. The molecule has 2 aromatic carbocycles. The summed E-state index contributed by atoms with van der Waals surface area (Å²) in [6, 6.07) is 11.4. The summed E-state index contributed by atoms with van der Waals surface area (Å²) in [5.41, 5.74) is 1.24. The van der Waals surface area contributed by atoms with Crippen molar-refractivity contribution in [3.63, 3.8) is 0 Å². The van der Waals surface area contributed by atoms with E-state index in [1.165, 1.54) is 48.6 Å². The molecule has 0 aromatic heterocycles. The van der Waals surface area contributed by atoms with Crippen molar-refractivity contribution in [3.05, 3.63) is 72.8 Å². The minimum atomic E-state index is -4.33. The predicted molar refractivity (Wildman–Crippen MR) is 94.7 cm³/mol. The van der Waals surface area contributed by atoms with E-state index in [4.69, 9.17) is 0 Å². The first-order valence-corrected chi connectivity index (χ1v) is 9.26. The first-order valence-electron chi connectivity index (χ1n) is 6.44. The van der Waals surface area contributed by atoms with Gasteiger partial charge in [-0.25, -0.2) is 16.8 Å². The topological polar surface area (TPSA) is 114 Å². The third-order valence-corrected chi connectivity index (χ3v) is 4.43. The maximum absolute atomic E-state index is 10.5. The molecule has 0 fully saturated rings. The van der Waals surface area contributed by atoms with Gasteiger partial charge in [0.05, 0.1) is 9.79 Å². The molecule has 25 heavy (non-hydrogen) atoms. The number of hydrogen-bond acceptors (Lipinski definition) is 6. The van der Waals surface area contributed by atoms with Crippen LogP contribution in [0.4, 0.5) is 0 Å². The normalized spacial score (nSPS) is 10.6. The van der Waals surface area contributed by atoms with Gasteiger partial charge in [-0.3, -0.25) is 0 Å². The second-order valence-electron chi connectivity index (χ2n) is 4.46. The van der Waals surface area contributed by atoms with E-state index in [9.17, 15) is 25.9 Å². The van der Waals surface area contributed by atoms with Crippen LogP contribution in [0.1, 0.15) is 11.1 Å². The van der Waals surface area contributed by atoms with E-state index >= 15 is 0 Å². The van der Waals surface area contributed by atoms with Crippen molar-refractivity contribution < 1.29 is 25.9 Å². The molecule has 2 rings (SSSR count). The molecule has 0 aliphatic carbocycles. The molecular weight excluding hydrogens is 377 g/mol. The molecule has 0 aliphatic rings. The molecule has 0 radical (unpaired) electrons. The Morgan fingerprint density at radius 1 is 0.720 bits per heavy atom. The van der Waals surface area contributed by atoms with Crippen molar-refractivity contribution in [3.8, 4) is 0 Å². The van der Waals surface area contributed by atoms with Gasteiger partial charge < -0.3 is 9.11 Å². The van der Waals surface area contributed by atoms with E-state index < -0.39 is 20.2 Å². The summed E-state index contributed by atoms with van der Waals surface area (Å²) in [5, 5.41) is 0. The van der Waals surface area contributed by atoms with E-state index in [0.29, 0.717) is 11.1 Å². The van der Waals surface area contributed by atoms with Crippen LogP contribution in [-0.2, 0) is 20.2 Å². The van der Waals surface area contributed by atoms with E-state index in [-0.39, 0.29) is 32.8 Å². The van der Waals surface area contributed by atoms with Crippen LogP contribution >= 0.6 is 0 Å². The van der Waals surface area contributed by atoms with Crippen LogP contribution in [0, 0.1) is 0 Å². The number of hydrogen-bond donors (Lipinski definition) is 0. The van der Waals surface area contributed by atoms with Crippen LogP contribution in [0.2, 0.25) is 0 Å². The predicted octanol–water partition coefficient (Wildman–Crippen LogP) is 2.09. The fourth-order valence-corrected chi connectivity index (χ4v) is 2.65. The van der Waals surface area contributed by atoms with Gasteiger partial charge in [0.15, 0.2) is 0 Å². The summed E-state index contributed by atoms with van der Waals surface area (Å²) in [6.07, 6.45) is 2.96. The zero-order valence-corrected chi connectivity index (χ0v) is 16.2. The number of benzene rings is 2. The summed E-state index contributed by atoms with van der Waals surface area (Å²) in [6.45, 7) is 6.91. The fraction of sp³-hybridized carbons (Fsp3) is 0. The Morgan fingerprint density at radius 2 is 1.04 bits per heavy atom. The zero-order chi connectivity index (χ0) is 18.4. The molecule has 0 saturated carbocycles. The van der Waals surface area contributed by atoms with Crippen LogP contribution in [0.3, 0.4) is 0 Å². The molecular formula is C16H14MgO6S2. The van der Waals surface area contributed by atoms with Gasteiger partial charge in [0.25, 0.3) is 0 Å². The molecule has 0 saturated heterocycles. The molecule has 0 unspecified atom stereocenters. The second kappa shape index (κ2) is 9.85. The van der Waals surface area contributed by atoms with Crippen molar-refractivity contribution >= 4 is 55.4 Å². The Balaban J connectivity index is 0.000000443. The van der Waals surface area contributed by atoms with Gasteiger partial charge in [-0.15, -0.1) is 0 Å². The van der Waals surface area contributed by atoms with Gasteiger partial charge in [-0.1, -0.05) is 49.6 Å². The maximum Gasteiger partial charge on any atom is 2.00 e. The van der Waals surface area contributed by atoms with Crippen molar-refractivity contribution in [2.75, 3.05) is 0 Å². The third kappa shape index (κ3) is 7.95. The largest absolute Gasteiger partial charge is 2.00 e. The van der Waals surface area contributed by atoms with E-state index in [0.717, 1.165) is 0 Å². The molecule has 0 aliphatic heterocycles. The quantitative estimate of drug-likeness (QED) is 0.583. The molecule has 0 atom stereocenters. The smallest absolute Gasteiger partial charge is 0.744 e. The Hall–Kier alpha value is -1.49. The van der Waals surface area contributed by atoms with Crippen molar-refractivity contribution in [1.29, 1.82) is 0 Å². The molecule has 0 heterocycles. The maximum atomic E-state index is 10.5. The first-order chi connectivity index (χ1) is 11.1. The third-order valence-electron chi connectivity index (χ3n) is 2.76. The summed E-state index contributed by atoms with van der Waals surface area (Å²) in [5.74, 6) is 0. The van der Waals surface area contributed by atoms with Crippen LogP contribution in [0.25, 0.3) is 12.2 Å². The molecule has 6 nitrogen and oxygen atoms in total. The summed E-state index contributed by atoms with van der Waals surface area (Å²) >= 11 is 0. The Kier molecular flexibility index (Phi) is 9.26. The first kappa shape index (κ1) is 23.5. The van der Waals surface area contributed by atoms with Gasteiger partial charge in [-0.2, -0.15) is 0 Å². The van der Waals surface area contributed by atoms with Crippen molar-refractivity contribution in [2.24, 2.45) is 0 Å². The molecule has 0 amide bonds. The summed E-state index contributed by atoms with van der Waals surface area (Å²) in [4.78, 5) is -0.445. The van der Waals surface area contributed by atoms with Crippen LogP contribution < -0.4 is 0 Å². The van der Waals surface area contributed by atoms with Gasteiger partial charge in [0, 0.05) is 0 Å². The fourth-order valence-electron chi connectivity index (χ4n) is 1.59. The Morgan fingerprint density at radius 3 is 1.28 bits per heavy atom. The van der Waals surface area contributed by atoms with Crippen molar-refractivity contribution in [1.82, 2.24) is 0 Å². The van der Waals surface area contributed by atoms with E-state index in [1.807, 2.05) is 0 Å². The minimum absolute atomic E-state index is 0. The van der Waals surface area contributed by atoms with E-state index in [2.05, 4.69) is 13.2 Å². The molecule has 0 bridgehead atoms. The van der Waals surface area contributed by atoms with Gasteiger partial charge in [-0.05, 0) is 35.4 Å². The summed E-state index contributed by atoms with van der Waals surface area (Å²) in [7, 11) is -8.67. The Bertz CT molecular complexity index is 871. The van der Waals surface area contributed by atoms with Gasteiger partial charge in [0.2, 0.25) is 0 Å². The van der Waals surface area contributed by atoms with Gasteiger partial charge >= 0.3 is 23.1 Å². The van der Waals surface area contributed by atoms with E-state index in [1.54, 1.807) is 12.1 Å². The van der Waals surface area contributed by atoms with Crippen LogP contribution in [0.5, 0.6) is 0 Å². The molecule has 128 valence electrons.